The minimum absolute atomic E-state index is 0.100. The second-order valence-electron chi connectivity index (χ2n) is 3.47. The quantitative estimate of drug-likeness (QED) is 0.635. The Morgan fingerprint density at radius 3 is 2.08 bits per heavy atom. The van der Waals surface area contributed by atoms with Crippen LogP contribution in [0.25, 0.3) is 0 Å². The van der Waals surface area contributed by atoms with E-state index in [4.69, 9.17) is 9.47 Å². The molecule has 0 aromatic rings. The van der Waals surface area contributed by atoms with Gasteiger partial charge < -0.3 is 9.47 Å². The average Bonchev–Trinajstić information content (AvgIpc) is 2.03. The van der Waals surface area contributed by atoms with E-state index >= 15 is 0 Å². The van der Waals surface area contributed by atoms with E-state index in [0.717, 1.165) is 0 Å². The first-order valence-electron chi connectivity index (χ1n) is 4.64. The molecule has 0 fully saturated rings. The van der Waals surface area contributed by atoms with Crippen molar-refractivity contribution in [2.75, 3.05) is 0 Å². The Labute approximate surface area is 80.4 Å². The molecule has 0 amide bonds. The van der Waals surface area contributed by atoms with Crippen LogP contribution in [0.1, 0.15) is 34.6 Å². The number of ether oxygens (including phenoxy) is 2. The highest BCUT2D eigenvalue weighted by Crippen LogP contribution is 2.07. The van der Waals surface area contributed by atoms with Gasteiger partial charge in [0.2, 0.25) is 0 Å². The van der Waals surface area contributed by atoms with Crippen molar-refractivity contribution < 1.29 is 14.3 Å². The summed E-state index contributed by atoms with van der Waals surface area (Å²) < 4.78 is 9.91. The molecule has 0 N–H and O–H groups in total. The fourth-order valence-corrected chi connectivity index (χ4v) is 0.535. The van der Waals surface area contributed by atoms with Crippen molar-refractivity contribution >= 4 is 6.16 Å². The molecule has 0 saturated carbocycles. The highest BCUT2D eigenvalue weighted by atomic mass is 16.7. The summed E-state index contributed by atoms with van der Waals surface area (Å²) in [5.74, 6) is 0.313. The highest BCUT2D eigenvalue weighted by molar-refractivity contribution is 5.60. The van der Waals surface area contributed by atoms with E-state index in [0.29, 0.717) is 5.92 Å². The molecule has 13 heavy (non-hydrogen) atoms. The molecule has 3 heteroatoms. The summed E-state index contributed by atoms with van der Waals surface area (Å²) in [5.41, 5.74) is 0. The molecule has 0 aliphatic carbocycles. The molecular weight excluding hydrogens is 168 g/mol. The van der Waals surface area contributed by atoms with Crippen molar-refractivity contribution in [3.63, 3.8) is 0 Å². The maximum Gasteiger partial charge on any atom is 0.508 e. The van der Waals surface area contributed by atoms with Gasteiger partial charge in [0.15, 0.2) is 0 Å². The van der Waals surface area contributed by atoms with Crippen LogP contribution < -0.4 is 0 Å². The first kappa shape index (κ1) is 12.3. The Kier molecular flexibility index (Phi) is 5.51. The van der Waals surface area contributed by atoms with Crippen LogP contribution in [-0.2, 0) is 9.47 Å². The zero-order chi connectivity index (χ0) is 10.4. The third kappa shape index (κ3) is 5.50. The van der Waals surface area contributed by atoms with Gasteiger partial charge in [-0.3, -0.25) is 0 Å². The SMILES string of the molecule is C[CH][C@H](C)OC(=O)O[C@@H](C)C(C)C. The first-order chi connectivity index (χ1) is 5.97. The summed E-state index contributed by atoms with van der Waals surface area (Å²) in [5, 5.41) is 0. The van der Waals surface area contributed by atoms with Gasteiger partial charge >= 0.3 is 6.16 Å². The summed E-state index contributed by atoms with van der Waals surface area (Å²) >= 11 is 0. The van der Waals surface area contributed by atoms with Gasteiger partial charge in [-0.1, -0.05) is 20.8 Å². The highest BCUT2D eigenvalue weighted by Gasteiger charge is 2.15. The topological polar surface area (TPSA) is 35.5 Å². The van der Waals surface area contributed by atoms with Crippen molar-refractivity contribution in [3.8, 4) is 0 Å². The van der Waals surface area contributed by atoms with E-state index in [9.17, 15) is 4.79 Å². The van der Waals surface area contributed by atoms with Crippen molar-refractivity contribution in [1.82, 2.24) is 0 Å². The van der Waals surface area contributed by atoms with E-state index < -0.39 is 6.16 Å². The fraction of sp³-hybridized carbons (Fsp3) is 0.800. The Bertz CT molecular complexity index is 154. The van der Waals surface area contributed by atoms with Crippen LogP contribution in [0.4, 0.5) is 4.79 Å². The van der Waals surface area contributed by atoms with Gasteiger partial charge in [-0.25, -0.2) is 4.79 Å². The van der Waals surface area contributed by atoms with Crippen molar-refractivity contribution in [2.45, 2.75) is 46.8 Å². The molecule has 0 heterocycles. The molecule has 0 unspecified atom stereocenters. The van der Waals surface area contributed by atoms with E-state index in [1.54, 1.807) is 13.3 Å². The standard InChI is InChI=1S/C10H19O3/c1-6-8(4)12-10(11)13-9(5)7(2)3/h6-9H,1-5H3/t8-,9-/m0/s1. The van der Waals surface area contributed by atoms with Crippen LogP contribution in [0, 0.1) is 12.3 Å². The summed E-state index contributed by atoms with van der Waals surface area (Å²) in [7, 11) is 0. The molecule has 0 aliphatic heterocycles. The predicted octanol–water partition coefficient (Wildman–Crippen LogP) is 2.80. The lowest BCUT2D eigenvalue weighted by molar-refractivity contribution is 0.00228. The van der Waals surface area contributed by atoms with Crippen molar-refractivity contribution in [2.24, 2.45) is 5.92 Å². The minimum atomic E-state index is -0.591. The number of carbonyl (C=O) groups is 1. The lowest BCUT2D eigenvalue weighted by Gasteiger charge is -2.17. The smallest absolute Gasteiger partial charge is 0.431 e. The fourth-order valence-electron chi connectivity index (χ4n) is 0.535. The Morgan fingerprint density at radius 1 is 1.15 bits per heavy atom. The lowest BCUT2D eigenvalue weighted by atomic mass is 10.1. The molecule has 0 bridgehead atoms. The van der Waals surface area contributed by atoms with Gasteiger partial charge in [-0.2, -0.15) is 0 Å². The summed E-state index contributed by atoms with van der Waals surface area (Å²) in [6.45, 7) is 9.47. The van der Waals surface area contributed by atoms with Gasteiger partial charge in [0.25, 0.3) is 0 Å². The van der Waals surface area contributed by atoms with Gasteiger partial charge in [-0.15, -0.1) is 0 Å². The zero-order valence-electron chi connectivity index (χ0n) is 9.03. The number of carbonyl (C=O) groups excluding carboxylic acids is 1. The van der Waals surface area contributed by atoms with E-state index in [2.05, 4.69) is 0 Å². The molecule has 2 atom stereocenters. The molecule has 0 spiro atoms. The summed E-state index contributed by atoms with van der Waals surface area (Å²) in [6, 6.07) is 0. The summed E-state index contributed by atoms with van der Waals surface area (Å²) in [6.07, 6.45) is 0.914. The Hall–Kier alpha value is -0.730. The Balaban J connectivity index is 3.74. The maximum absolute atomic E-state index is 11.1. The van der Waals surface area contributed by atoms with Crippen LogP contribution in [0.2, 0.25) is 0 Å². The average molecular weight is 187 g/mol. The van der Waals surface area contributed by atoms with E-state index in [1.807, 2.05) is 27.7 Å². The van der Waals surface area contributed by atoms with Crippen LogP contribution in [-0.4, -0.2) is 18.4 Å². The largest absolute Gasteiger partial charge is 0.508 e. The lowest BCUT2D eigenvalue weighted by Crippen LogP contribution is -2.23. The normalized spacial score (nSPS) is 15.2. The molecule has 0 aromatic carbocycles. The molecule has 0 aliphatic rings. The van der Waals surface area contributed by atoms with Gasteiger partial charge in [0.05, 0.1) is 0 Å². The second kappa shape index (κ2) is 5.84. The van der Waals surface area contributed by atoms with E-state index in [1.165, 1.54) is 0 Å². The zero-order valence-corrected chi connectivity index (χ0v) is 9.03. The molecule has 3 nitrogen and oxygen atoms in total. The van der Waals surface area contributed by atoms with Crippen molar-refractivity contribution in [1.29, 1.82) is 0 Å². The number of hydrogen-bond donors (Lipinski definition) is 0. The maximum atomic E-state index is 11.1. The molecule has 1 radical (unpaired) electrons. The van der Waals surface area contributed by atoms with Crippen molar-refractivity contribution in [3.05, 3.63) is 6.42 Å². The van der Waals surface area contributed by atoms with Gasteiger partial charge in [0.1, 0.15) is 12.2 Å². The third-order valence-corrected chi connectivity index (χ3v) is 1.97. The van der Waals surface area contributed by atoms with E-state index in [-0.39, 0.29) is 12.2 Å². The number of hydrogen-bond acceptors (Lipinski definition) is 3. The van der Waals surface area contributed by atoms with Gasteiger partial charge in [0, 0.05) is 0 Å². The van der Waals surface area contributed by atoms with Crippen LogP contribution in [0.15, 0.2) is 0 Å². The molecule has 77 valence electrons. The number of rotatable bonds is 4. The second-order valence-corrected chi connectivity index (χ2v) is 3.47. The molecule has 0 saturated heterocycles. The molecule has 0 aromatic heterocycles. The summed E-state index contributed by atoms with van der Waals surface area (Å²) in [4.78, 5) is 11.1. The van der Waals surface area contributed by atoms with Crippen LogP contribution >= 0.6 is 0 Å². The predicted molar refractivity (Wildman–Crippen MR) is 51.3 cm³/mol. The third-order valence-electron chi connectivity index (χ3n) is 1.97. The minimum Gasteiger partial charge on any atom is -0.431 e. The monoisotopic (exact) mass is 187 g/mol. The van der Waals surface area contributed by atoms with Crippen LogP contribution in [0.3, 0.4) is 0 Å². The first-order valence-corrected chi connectivity index (χ1v) is 4.64. The van der Waals surface area contributed by atoms with Crippen LogP contribution in [0.5, 0.6) is 0 Å². The molecular formula is C10H19O3. The molecule has 0 rings (SSSR count). The Morgan fingerprint density at radius 2 is 1.69 bits per heavy atom. The van der Waals surface area contributed by atoms with Gasteiger partial charge in [-0.05, 0) is 26.2 Å².